The average Bonchev–Trinajstić information content (AvgIpc) is 3.14. The monoisotopic (exact) mass is 350 g/mol. The molecule has 3 rings (SSSR count). The van der Waals surface area contributed by atoms with Gasteiger partial charge >= 0.3 is 11.9 Å². The Balaban J connectivity index is 1.56. The van der Waals surface area contributed by atoms with Crippen molar-refractivity contribution in [3.8, 4) is 0 Å². The highest BCUT2D eigenvalue weighted by Crippen LogP contribution is 2.37. The molecule has 3 saturated heterocycles. The normalized spacial score (nSPS) is 37.6. The lowest BCUT2D eigenvalue weighted by Crippen LogP contribution is -2.49. The van der Waals surface area contributed by atoms with Gasteiger partial charge in [0.05, 0.1) is 19.8 Å². The Morgan fingerprint density at radius 3 is 2.17 bits per heavy atom. The van der Waals surface area contributed by atoms with Gasteiger partial charge in [-0.3, -0.25) is 0 Å². The fourth-order valence-corrected chi connectivity index (χ4v) is 2.57. The van der Waals surface area contributed by atoms with Gasteiger partial charge in [-0.05, 0) is 0 Å². The highest BCUT2D eigenvalue weighted by atomic mass is 16.9. The number of esters is 2. The number of aliphatic hydroxyl groups is 2. The Hall–Kier alpha value is -1.34. The van der Waals surface area contributed by atoms with E-state index >= 15 is 0 Å². The van der Waals surface area contributed by atoms with Gasteiger partial charge in [-0.2, -0.15) is 0 Å². The Kier molecular flexibility index (Phi) is 5.61. The SMILES string of the molecule is O=C(OCCO)C1OC[C@H]2O[C@@H]3OC(C(=O)OCCO)O[C@@H]3[C@H]2O1. The van der Waals surface area contributed by atoms with Gasteiger partial charge in [0.15, 0.2) is 6.29 Å². The number of rotatable bonds is 6. The molecule has 0 aliphatic carbocycles. The molecule has 0 radical (unpaired) electrons. The van der Waals surface area contributed by atoms with Gasteiger partial charge < -0.3 is 43.4 Å². The Bertz CT molecular complexity index is 469. The molecule has 3 heterocycles. The molecule has 0 aromatic carbocycles. The minimum absolute atomic E-state index is 0.0584. The zero-order valence-corrected chi connectivity index (χ0v) is 12.6. The highest BCUT2D eigenvalue weighted by molar-refractivity contribution is 5.74. The molecular weight excluding hydrogens is 332 g/mol. The van der Waals surface area contributed by atoms with Crippen LogP contribution in [-0.2, 0) is 42.7 Å². The first kappa shape index (κ1) is 17.5. The van der Waals surface area contributed by atoms with Crippen molar-refractivity contribution in [3.63, 3.8) is 0 Å². The molecule has 2 N–H and O–H groups in total. The summed E-state index contributed by atoms with van der Waals surface area (Å²) in [5.41, 5.74) is 0. The molecular formula is C13H18O11. The minimum Gasteiger partial charge on any atom is -0.459 e. The number of hydrogen-bond acceptors (Lipinski definition) is 11. The summed E-state index contributed by atoms with van der Waals surface area (Å²) >= 11 is 0. The molecule has 0 bridgehead atoms. The Labute approximate surface area is 136 Å². The largest absolute Gasteiger partial charge is 0.459 e. The van der Waals surface area contributed by atoms with Crippen LogP contribution in [0.1, 0.15) is 0 Å². The van der Waals surface area contributed by atoms with Gasteiger partial charge in [0, 0.05) is 0 Å². The molecule has 0 aromatic rings. The van der Waals surface area contributed by atoms with E-state index in [2.05, 4.69) is 0 Å². The molecule has 0 amide bonds. The van der Waals surface area contributed by atoms with E-state index in [1.165, 1.54) is 0 Å². The second kappa shape index (κ2) is 7.70. The maximum atomic E-state index is 11.7. The van der Waals surface area contributed by atoms with Crippen LogP contribution in [0.4, 0.5) is 0 Å². The quantitative estimate of drug-likeness (QED) is 0.482. The summed E-state index contributed by atoms with van der Waals surface area (Å²) in [5.74, 6) is -1.56. The Morgan fingerprint density at radius 1 is 0.875 bits per heavy atom. The molecule has 11 nitrogen and oxygen atoms in total. The number of ether oxygens (including phenoxy) is 7. The van der Waals surface area contributed by atoms with Crippen LogP contribution in [0.3, 0.4) is 0 Å². The second-order valence-corrected chi connectivity index (χ2v) is 5.16. The first-order valence-electron chi connectivity index (χ1n) is 7.42. The second-order valence-electron chi connectivity index (χ2n) is 5.16. The van der Waals surface area contributed by atoms with E-state index in [0.29, 0.717) is 0 Å². The van der Waals surface area contributed by atoms with Crippen LogP contribution in [-0.4, -0.2) is 92.4 Å². The topological polar surface area (TPSA) is 139 Å². The highest BCUT2D eigenvalue weighted by Gasteiger charge is 2.57. The third-order valence-electron chi connectivity index (χ3n) is 3.55. The molecule has 136 valence electrons. The molecule has 11 heteroatoms. The van der Waals surface area contributed by atoms with Gasteiger partial charge in [0.2, 0.25) is 0 Å². The molecule has 3 aliphatic heterocycles. The lowest BCUT2D eigenvalue weighted by atomic mass is 10.1. The summed E-state index contributed by atoms with van der Waals surface area (Å²) in [5, 5.41) is 17.3. The number of carbonyl (C=O) groups is 2. The minimum atomic E-state index is -1.29. The fraction of sp³-hybridized carbons (Fsp3) is 0.846. The average molecular weight is 350 g/mol. The Morgan fingerprint density at radius 2 is 1.50 bits per heavy atom. The van der Waals surface area contributed by atoms with Crippen molar-refractivity contribution in [2.45, 2.75) is 37.2 Å². The van der Waals surface area contributed by atoms with Crippen LogP contribution >= 0.6 is 0 Å². The van der Waals surface area contributed by atoms with Gasteiger partial charge in [-0.15, -0.1) is 0 Å². The molecule has 0 saturated carbocycles. The third kappa shape index (κ3) is 3.52. The lowest BCUT2D eigenvalue weighted by molar-refractivity contribution is -0.270. The van der Waals surface area contributed by atoms with Crippen LogP contribution in [0.15, 0.2) is 0 Å². The van der Waals surface area contributed by atoms with Crippen molar-refractivity contribution in [2.75, 3.05) is 33.0 Å². The van der Waals surface area contributed by atoms with Crippen molar-refractivity contribution in [3.05, 3.63) is 0 Å². The molecule has 0 spiro atoms. The first-order valence-corrected chi connectivity index (χ1v) is 7.42. The van der Waals surface area contributed by atoms with E-state index in [4.69, 9.17) is 43.4 Å². The van der Waals surface area contributed by atoms with E-state index in [9.17, 15) is 9.59 Å². The fourth-order valence-electron chi connectivity index (χ4n) is 2.57. The molecule has 0 aromatic heterocycles. The van der Waals surface area contributed by atoms with E-state index < -0.39 is 49.1 Å². The summed E-state index contributed by atoms with van der Waals surface area (Å²) in [6.07, 6.45) is -5.37. The molecule has 3 aliphatic rings. The molecule has 3 fully saturated rings. The summed E-state index contributed by atoms with van der Waals surface area (Å²) in [6, 6.07) is 0. The summed E-state index contributed by atoms with van der Waals surface area (Å²) in [4.78, 5) is 23.4. The lowest BCUT2D eigenvalue weighted by Gasteiger charge is -2.31. The summed E-state index contributed by atoms with van der Waals surface area (Å²) in [7, 11) is 0. The van der Waals surface area contributed by atoms with E-state index in [-0.39, 0.29) is 33.0 Å². The predicted octanol–water partition coefficient (Wildman–Crippen LogP) is -2.73. The number of hydrogen-bond donors (Lipinski definition) is 2. The van der Waals surface area contributed by atoms with Gasteiger partial charge in [0.25, 0.3) is 12.6 Å². The summed E-state index contributed by atoms with van der Waals surface area (Å²) < 4.78 is 36.5. The van der Waals surface area contributed by atoms with Crippen molar-refractivity contribution in [2.24, 2.45) is 0 Å². The van der Waals surface area contributed by atoms with Gasteiger partial charge in [-0.1, -0.05) is 0 Å². The van der Waals surface area contributed by atoms with Crippen LogP contribution in [0.5, 0.6) is 0 Å². The van der Waals surface area contributed by atoms with Crippen molar-refractivity contribution in [1.29, 1.82) is 0 Å². The van der Waals surface area contributed by atoms with Crippen molar-refractivity contribution < 1.29 is 53.0 Å². The first-order chi connectivity index (χ1) is 11.6. The van der Waals surface area contributed by atoms with Gasteiger partial charge in [-0.25, -0.2) is 9.59 Å². The van der Waals surface area contributed by atoms with Crippen LogP contribution < -0.4 is 0 Å². The molecule has 6 atom stereocenters. The maximum absolute atomic E-state index is 11.7. The zero-order chi connectivity index (χ0) is 17.1. The molecule has 2 unspecified atom stereocenters. The number of aliphatic hydroxyl groups excluding tert-OH is 2. The van der Waals surface area contributed by atoms with Gasteiger partial charge in [0.1, 0.15) is 31.5 Å². The van der Waals surface area contributed by atoms with Crippen LogP contribution in [0.2, 0.25) is 0 Å². The predicted molar refractivity (Wildman–Crippen MR) is 69.1 cm³/mol. The third-order valence-corrected chi connectivity index (χ3v) is 3.55. The number of fused-ring (bicyclic) bond motifs is 3. The van der Waals surface area contributed by atoms with Crippen molar-refractivity contribution >= 4 is 11.9 Å². The number of carbonyl (C=O) groups excluding carboxylic acids is 2. The van der Waals surface area contributed by atoms with Crippen LogP contribution in [0.25, 0.3) is 0 Å². The van der Waals surface area contributed by atoms with Crippen molar-refractivity contribution in [1.82, 2.24) is 0 Å². The standard InChI is InChI=1S/C13H18O11/c14-1-3-18-9(16)12-20-5-6-7(22-12)8-11(21-6)24-13(23-8)10(17)19-4-2-15/h6-8,11-15H,1-5H2/t6-,7+,8-,11-,12?,13?/m1/s1. The van der Waals surface area contributed by atoms with E-state index in [1.807, 2.05) is 0 Å². The zero-order valence-electron chi connectivity index (χ0n) is 12.6. The maximum Gasteiger partial charge on any atom is 0.363 e. The van der Waals surface area contributed by atoms with E-state index in [0.717, 1.165) is 0 Å². The summed E-state index contributed by atoms with van der Waals surface area (Å²) in [6.45, 7) is -0.912. The van der Waals surface area contributed by atoms with E-state index in [1.54, 1.807) is 0 Å². The molecule has 24 heavy (non-hydrogen) atoms. The van der Waals surface area contributed by atoms with Crippen LogP contribution in [0, 0.1) is 0 Å². The smallest absolute Gasteiger partial charge is 0.363 e.